The molecule has 1 aliphatic heterocycles. The summed E-state index contributed by atoms with van der Waals surface area (Å²) >= 11 is 0. The van der Waals surface area contributed by atoms with Crippen LogP contribution in [0.25, 0.3) is 0 Å². The van der Waals surface area contributed by atoms with Crippen LogP contribution in [0.1, 0.15) is 15.9 Å². The van der Waals surface area contributed by atoms with Crippen LogP contribution >= 0.6 is 0 Å². The molecule has 21 heavy (non-hydrogen) atoms. The van der Waals surface area contributed by atoms with E-state index < -0.39 is 5.91 Å². The summed E-state index contributed by atoms with van der Waals surface area (Å²) in [4.78, 5) is 13.5. The number of nitrogens with two attached hydrogens (primary N) is 1. The number of halogens is 1. The zero-order chi connectivity index (χ0) is 15.4. The average Bonchev–Trinajstić information content (AvgIpc) is 2.90. The molecule has 3 N–H and O–H groups in total. The summed E-state index contributed by atoms with van der Waals surface area (Å²) in [5.74, 6) is 4.30. The number of carbonyl (C=O) groups excluding carboxylic acids is 1. The van der Waals surface area contributed by atoms with E-state index in [0.29, 0.717) is 30.8 Å². The van der Waals surface area contributed by atoms with Gasteiger partial charge in [-0.1, -0.05) is 0 Å². The SMILES string of the molecule is COC1CN(Cc2cc(C(=O)NN)ccc2F)CC1OC. The van der Waals surface area contributed by atoms with Crippen LogP contribution in [0.15, 0.2) is 18.2 Å². The van der Waals surface area contributed by atoms with Crippen LogP contribution in [0.2, 0.25) is 0 Å². The number of nitrogens with zero attached hydrogens (tertiary/aromatic N) is 1. The van der Waals surface area contributed by atoms with E-state index in [0.717, 1.165) is 0 Å². The van der Waals surface area contributed by atoms with E-state index in [2.05, 4.69) is 0 Å². The molecule has 1 aliphatic rings. The van der Waals surface area contributed by atoms with Gasteiger partial charge in [0.25, 0.3) is 5.91 Å². The van der Waals surface area contributed by atoms with Crippen LogP contribution in [0.3, 0.4) is 0 Å². The monoisotopic (exact) mass is 297 g/mol. The number of ether oxygens (including phenoxy) is 2. The number of carbonyl (C=O) groups is 1. The highest BCUT2D eigenvalue weighted by molar-refractivity contribution is 5.93. The minimum atomic E-state index is -0.442. The van der Waals surface area contributed by atoms with Gasteiger partial charge < -0.3 is 9.47 Å². The highest BCUT2D eigenvalue weighted by Gasteiger charge is 2.33. The molecule has 2 unspecified atom stereocenters. The molecule has 2 rings (SSSR count). The molecule has 0 radical (unpaired) electrons. The van der Waals surface area contributed by atoms with Gasteiger partial charge in [-0.3, -0.25) is 15.1 Å². The van der Waals surface area contributed by atoms with E-state index in [1.165, 1.54) is 18.2 Å². The van der Waals surface area contributed by atoms with E-state index in [1.54, 1.807) is 14.2 Å². The van der Waals surface area contributed by atoms with E-state index >= 15 is 0 Å². The lowest BCUT2D eigenvalue weighted by Crippen LogP contribution is -2.30. The zero-order valence-corrected chi connectivity index (χ0v) is 12.1. The van der Waals surface area contributed by atoms with Gasteiger partial charge in [0.1, 0.15) is 5.82 Å². The Morgan fingerprint density at radius 1 is 1.38 bits per heavy atom. The molecule has 0 aliphatic carbocycles. The predicted octanol–water partition coefficient (Wildman–Crippen LogP) is 0.275. The topological polar surface area (TPSA) is 76.8 Å². The third-order valence-electron chi connectivity index (χ3n) is 3.73. The van der Waals surface area contributed by atoms with Crippen molar-refractivity contribution in [2.45, 2.75) is 18.8 Å². The van der Waals surface area contributed by atoms with Gasteiger partial charge >= 0.3 is 0 Å². The molecule has 0 spiro atoms. The van der Waals surface area contributed by atoms with Gasteiger partial charge in [0.15, 0.2) is 0 Å². The van der Waals surface area contributed by atoms with Gasteiger partial charge in [-0.2, -0.15) is 0 Å². The second-order valence-electron chi connectivity index (χ2n) is 5.02. The number of nitrogen functional groups attached to an aromatic ring is 1. The molecule has 1 aromatic rings. The molecule has 6 nitrogen and oxygen atoms in total. The first-order valence-corrected chi connectivity index (χ1v) is 6.66. The Bertz CT molecular complexity index is 500. The number of hydrogen-bond acceptors (Lipinski definition) is 5. The number of likely N-dealkylation sites (tertiary alicyclic amines) is 1. The summed E-state index contributed by atoms with van der Waals surface area (Å²) in [5, 5.41) is 0. The molecule has 0 aromatic heterocycles. The van der Waals surface area contributed by atoms with Crippen molar-refractivity contribution in [3.05, 3.63) is 35.1 Å². The molecular formula is C14H20FN3O3. The molecule has 1 aromatic carbocycles. The van der Waals surface area contributed by atoms with Crippen molar-refractivity contribution in [2.24, 2.45) is 5.84 Å². The summed E-state index contributed by atoms with van der Waals surface area (Å²) in [6.07, 6.45) is -0.0674. The minimum Gasteiger partial charge on any atom is -0.377 e. The van der Waals surface area contributed by atoms with Gasteiger partial charge in [-0.15, -0.1) is 0 Å². The van der Waals surface area contributed by atoms with Crippen molar-refractivity contribution >= 4 is 5.91 Å². The van der Waals surface area contributed by atoms with Gasteiger partial charge in [-0.05, 0) is 18.2 Å². The average molecular weight is 297 g/mol. The van der Waals surface area contributed by atoms with Crippen molar-refractivity contribution in [2.75, 3.05) is 27.3 Å². The lowest BCUT2D eigenvalue weighted by atomic mass is 10.1. The van der Waals surface area contributed by atoms with Crippen molar-refractivity contribution in [3.8, 4) is 0 Å². The largest absolute Gasteiger partial charge is 0.377 e. The number of hydrazine groups is 1. The number of hydrogen-bond donors (Lipinski definition) is 2. The van der Waals surface area contributed by atoms with Crippen molar-refractivity contribution in [1.29, 1.82) is 0 Å². The first-order chi connectivity index (χ1) is 10.1. The Labute approximate surface area is 123 Å². The van der Waals surface area contributed by atoms with Crippen LogP contribution < -0.4 is 11.3 Å². The second-order valence-corrected chi connectivity index (χ2v) is 5.02. The van der Waals surface area contributed by atoms with Gasteiger partial charge in [-0.25, -0.2) is 10.2 Å². The maximum atomic E-state index is 13.9. The summed E-state index contributed by atoms with van der Waals surface area (Å²) in [7, 11) is 3.26. The zero-order valence-electron chi connectivity index (χ0n) is 12.1. The number of amides is 1. The molecule has 0 bridgehead atoms. The maximum Gasteiger partial charge on any atom is 0.265 e. The maximum absolute atomic E-state index is 13.9. The fourth-order valence-electron chi connectivity index (χ4n) is 2.56. The van der Waals surface area contributed by atoms with Gasteiger partial charge in [0.05, 0.1) is 12.2 Å². The predicted molar refractivity (Wildman–Crippen MR) is 74.9 cm³/mol. The number of nitrogens with one attached hydrogen (secondary N) is 1. The summed E-state index contributed by atoms with van der Waals surface area (Å²) in [5.41, 5.74) is 2.82. The van der Waals surface area contributed by atoms with Crippen molar-refractivity contribution in [3.63, 3.8) is 0 Å². The Balaban J connectivity index is 2.11. The van der Waals surface area contributed by atoms with E-state index in [4.69, 9.17) is 15.3 Å². The lowest BCUT2D eigenvalue weighted by molar-refractivity contribution is -0.00461. The fraction of sp³-hybridized carbons (Fsp3) is 0.500. The Hall–Kier alpha value is -1.54. The second kappa shape index (κ2) is 6.95. The fourth-order valence-corrected chi connectivity index (χ4v) is 2.56. The molecule has 1 heterocycles. The highest BCUT2D eigenvalue weighted by atomic mass is 19.1. The van der Waals surface area contributed by atoms with E-state index in [9.17, 15) is 9.18 Å². The van der Waals surface area contributed by atoms with Crippen molar-refractivity contribution in [1.82, 2.24) is 10.3 Å². The van der Waals surface area contributed by atoms with Crippen LogP contribution in [0, 0.1) is 5.82 Å². The summed E-state index contributed by atoms with van der Waals surface area (Å²) in [6.45, 7) is 1.70. The van der Waals surface area contributed by atoms with Gasteiger partial charge in [0.2, 0.25) is 0 Å². The van der Waals surface area contributed by atoms with E-state index in [-0.39, 0.29) is 18.0 Å². The first kappa shape index (κ1) is 15.8. The van der Waals surface area contributed by atoms with Crippen LogP contribution in [-0.4, -0.2) is 50.3 Å². The van der Waals surface area contributed by atoms with Gasteiger partial charge in [0, 0.05) is 45.0 Å². The molecule has 7 heteroatoms. The summed E-state index contributed by atoms with van der Waals surface area (Å²) in [6, 6.07) is 4.19. The third-order valence-corrected chi connectivity index (χ3v) is 3.73. The molecule has 1 amide bonds. The molecule has 1 saturated heterocycles. The van der Waals surface area contributed by atoms with E-state index in [1.807, 2.05) is 10.3 Å². The molecule has 2 atom stereocenters. The third kappa shape index (κ3) is 3.56. The Kier molecular flexibility index (Phi) is 5.24. The lowest BCUT2D eigenvalue weighted by Gasteiger charge is -2.16. The number of rotatable bonds is 5. The van der Waals surface area contributed by atoms with Crippen molar-refractivity contribution < 1.29 is 18.7 Å². The molecular weight excluding hydrogens is 277 g/mol. The number of methoxy groups -OCH3 is 2. The molecule has 0 saturated carbocycles. The smallest absolute Gasteiger partial charge is 0.265 e. The summed E-state index contributed by atoms with van der Waals surface area (Å²) < 4.78 is 24.6. The minimum absolute atomic E-state index is 0.0337. The van der Waals surface area contributed by atoms with Crippen LogP contribution in [0.4, 0.5) is 4.39 Å². The molecule has 1 fully saturated rings. The Morgan fingerprint density at radius 3 is 2.52 bits per heavy atom. The number of benzene rings is 1. The normalized spacial score (nSPS) is 22.5. The highest BCUT2D eigenvalue weighted by Crippen LogP contribution is 2.20. The quantitative estimate of drug-likeness (QED) is 0.464. The standard InChI is InChI=1S/C14H20FN3O3/c1-20-12-7-18(8-13(12)21-2)6-10-5-9(14(19)17-16)3-4-11(10)15/h3-5,12-13H,6-8,16H2,1-2H3,(H,17,19). The molecule has 116 valence electrons. The van der Waals surface area contributed by atoms with Crippen LogP contribution in [0.5, 0.6) is 0 Å². The first-order valence-electron chi connectivity index (χ1n) is 6.66. The van der Waals surface area contributed by atoms with Crippen LogP contribution in [-0.2, 0) is 16.0 Å². The Morgan fingerprint density at radius 2 is 2.00 bits per heavy atom.